The van der Waals surface area contributed by atoms with Crippen molar-refractivity contribution in [3.8, 4) is 0 Å². The number of para-hydroxylation sites is 1. The normalized spacial score (nSPS) is 17.4. The summed E-state index contributed by atoms with van der Waals surface area (Å²) in [4.78, 5) is 14.3. The third-order valence-corrected chi connectivity index (χ3v) is 4.74. The van der Waals surface area contributed by atoms with Gasteiger partial charge in [0.25, 0.3) is 5.91 Å². The quantitative estimate of drug-likeness (QED) is 0.888. The summed E-state index contributed by atoms with van der Waals surface area (Å²) in [6, 6.07) is 15.4. The molecule has 1 amide bonds. The highest BCUT2D eigenvalue weighted by atomic mass is 35.5. The topological polar surface area (TPSA) is 38.3 Å². The van der Waals surface area contributed by atoms with Crippen LogP contribution in [0.15, 0.2) is 58.3 Å². The fourth-order valence-electron chi connectivity index (χ4n) is 2.29. The summed E-state index contributed by atoms with van der Waals surface area (Å²) in [5, 5.41) is 3.69. The monoisotopic (exact) mass is 333 g/mol. The van der Waals surface area contributed by atoms with Gasteiger partial charge in [-0.2, -0.15) is 0 Å². The second-order valence-electron chi connectivity index (χ2n) is 5.04. The Hall–Kier alpha value is -1.49. The number of hydrogen-bond donors (Lipinski definition) is 1. The number of nitrogens with one attached hydrogen (secondary N) is 1. The van der Waals surface area contributed by atoms with Crippen molar-refractivity contribution in [2.24, 2.45) is 0 Å². The van der Waals surface area contributed by atoms with Crippen LogP contribution in [0, 0.1) is 0 Å². The minimum Gasteiger partial charge on any atom is -0.368 e. The van der Waals surface area contributed by atoms with E-state index in [1.54, 1.807) is 11.8 Å². The van der Waals surface area contributed by atoms with Crippen molar-refractivity contribution in [3.05, 3.63) is 53.6 Å². The number of carbonyl (C=O) groups excluding carboxylic acids is 1. The van der Waals surface area contributed by atoms with Gasteiger partial charge in [-0.1, -0.05) is 35.5 Å². The molecular formula is C17H16ClNO2S. The van der Waals surface area contributed by atoms with Gasteiger partial charge >= 0.3 is 0 Å². The Morgan fingerprint density at radius 3 is 2.68 bits per heavy atom. The van der Waals surface area contributed by atoms with E-state index in [2.05, 4.69) is 5.32 Å². The number of rotatable bonds is 4. The predicted molar refractivity (Wildman–Crippen MR) is 89.6 cm³/mol. The van der Waals surface area contributed by atoms with E-state index in [4.69, 9.17) is 16.3 Å². The number of amides is 1. The van der Waals surface area contributed by atoms with Crippen molar-refractivity contribution in [1.29, 1.82) is 0 Å². The Labute approximate surface area is 139 Å². The third-order valence-electron chi connectivity index (χ3n) is 3.41. The molecule has 0 spiro atoms. The number of benzene rings is 2. The van der Waals surface area contributed by atoms with Crippen molar-refractivity contribution in [1.82, 2.24) is 0 Å². The highest BCUT2D eigenvalue weighted by Gasteiger charge is 2.24. The molecule has 5 heteroatoms. The number of ether oxygens (including phenoxy) is 1. The van der Waals surface area contributed by atoms with Gasteiger partial charge in [0.05, 0.1) is 5.69 Å². The van der Waals surface area contributed by atoms with Crippen LogP contribution >= 0.6 is 23.4 Å². The van der Waals surface area contributed by atoms with Crippen molar-refractivity contribution in [3.63, 3.8) is 0 Å². The van der Waals surface area contributed by atoms with E-state index in [-0.39, 0.29) is 12.0 Å². The van der Waals surface area contributed by atoms with Gasteiger partial charge in [0.1, 0.15) is 6.10 Å². The van der Waals surface area contributed by atoms with Gasteiger partial charge in [-0.15, -0.1) is 0 Å². The molecule has 0 bridgehead atoms. The largest absolute Gasteiger partial charge is 0.368 e. The van der Waals surface area contributed by atoms with Crippen LogP contribution in [0.1, 0.15) is 12.8 Å². The number of carbonyl (C=O) groups is 1. The molecule has 2 aromatic carbocycles. The van der Waals surface area contributed by atoms with E-state index in [1.807, 2.05) is 48.5 Å². The second kappa shape index (κ2) is 7.18. The Balaban J connectivity index is 1.74. The van der Waals surface area contributed by atoms with E-state index in [0.717, 1.165) is 28.3 Å². The Morgan fingerprint density at radius 2 is 1.95 bits per heavy atom. The zero-order valence-electron chi connectivity index (χ0n) is 11.9. The first-order chi connectivity index (χ1) is 10.7. The average molecular weight is 334 g/mol. The molecule has 22 heavy (non-hydrogen) atoms. The fourth-order valence-corrected chi connectivity index (χ4v) is 3.31. The highest BCUT2D eigenvalue weighted by molar-refractivity contribution is 7.99. The van der Waals surface area contributed by atoms with Gasteiger partial charge in [-0.3, -0.25) is 4.79 Å². The molecule has 1 heterocycles. The molecule has 0 aromatic heterocycles. The van der Waals surface area contributed by atoms with E-state index >= 15 is 0 Å². The molecule has 114 valence electrons. The summed E-state index contributed by atoms with van der Waals surface area (Å²) in [6.45, 7) is 0.666. The van der Waals surface area contributed by atoms with Crippen LogP contribution in [-0.4, -0.2) is 18.6 Å². The lowest BCUT2D eigenvalue weighted by atomic mass is 10.2. The standard InChI is InChI=1S/C17H16ClNO2S/c18-12-7-9-13(10-8-12)22-16-6-2-1-4-14(16)19-17(20)15-5-3-11-21-15/h1-2,4,6-10,15H,3,5,11H2,(H,19,20). The maximum absolute atomic E-state index is 12.2. The Kier molecular flexibility index (Phi) is 5.03. The van der Waals surface area contributed by atoms with Crippen molar-refractivity contribution in [2.75, 3.05) is 11.9 Å². The molecule has 3 nitrogen and oxygen atoms in total. The van der Waals surface area contributed by atoms with Crippen LogP contribution in [0.2, 0.25) is 5.02 Å². The lowest BCUT2D eigenvalue weighted by Crippen LogP contribution is -2.27. The van der Waals surface area contributed by atoms with E-state index in [0.29, 0.717) is 11.6 Å². The van der Waals surface area contributed by atoms with Gasteiger partial charge in [0.2, 0.25) is 0 Å². The van der Waals surface area contributed by atoms with Crippen LogP contribution in [0.4, 0.5) is 5.69 Å². The first-order valence-electron chi connectivity index (χ1n) is 7.17. The lowest BCUT2D eigenvalue weighted by molar-refractivity contribution is -0.124. The molecule has 1 unspecified atom stereocenters. The summed E-state index contributed by atoms with van der Waals surface area (Å²) in [6.07, 6.45) is 1.41. The van der Waals surface area contributed by atoms with Crippen LogP contribution in [-0.2, 0) is 9.53 Å². The van der Waals surface area contributed by atoms with Crippen molar-refractivity contribution in [2.45, 2.75) is 28.7 Å². The van der Waals surface area contributed by atoms with Gasteiger partial charge in [0.15, 0.2) is 0 Å². The second-order valence-corrected chi connectivity index (χ2v) is 6.59. The first kappa shape index (κ1) is 15.4. The highest BCUT2D eigenvalue weighted by Crippen LogP contribution is 2.34. The lowest BCUT2D eigenvalue weighted by Gasteiger charge is -2.13. The summed E-state index contributed by atoms with van der Waals surface area (Å²) in [5.41, 5.74) is 0.808. The van der Waals surface area contributed by atoms with E-state index in [9.17, 15) is 4.79 Å². The van der Waals surface area contributed by atoms with Crippen LogP contribution in [0.3, 0.4) is 0 Å². The van der Waals surface area contributed by atoms with Crippen LogP contribution < -0.4 is 5.32 Å². The van der Waals surface area contributed by atoms with Gasteiger partial charge in [-0.05, 0) is 49.2 Å². The van der Waals surface area contributed by atoms with Crippen molar-refractivity contribution < 1.29 is 9.53 Å². The zero-order chi connectivity index (χ0) is 15.4. The molecule has 1 atom stereocenters. The van der Waals surface area contributed by atoms with Gasteiger partial charge in [0, 0.05) is 21.4 Å². The Bertz CT molecular complexity index is 654. The van der Waals surface area contributed by atoms with Gasteiger partial charge < -0.3 is 10.1 Å². The molecule has 1 fully saturated rings. The average Bonchev–Trinajstić information content (AvgIpc) is 3.06. The molecule has 3 rings (SSSR count). The molecule has 1 N–H and O–H groups in total. The maximum atomic E-state index is 12.2. The number of halogens is 1. The number of anilines is 1. The minimum absolute atomic E-state index is 0.0679. The molecule has 1 aliphatic rings. The summed E-state index contributed by atoms with van der Waals surface area (Å²) in [5.74, 6) is -0.0679. The molecule has 0 saturated carbocycles. The number of hydrogen-bond acceptors (Lipinski definition) is 3. The molecule has 0 radical (unpaired) electrons. The summed E-state index contributed by atoms with van der Waals surface area (Å²) in [7, 11) is 0. The first-order valence-corrected chi connectivity index (χ1v) is 8.37. The maximum Gasteiger partial charge on any atom is 0.253 e. The predicted octanol–water partition coefficient (Wildman–Crippen LogP) is 4.61. The van der Waals surface area contributed by atoms with E-state index < -0.39 is 0 Å². The molecule has 2 aromatic rings. The smallest absolute Gasteiger partial charge is 0.253 e. The van der Waals surface area contributed by atoms with Crippen molar-refractivity contribution >= 4 is 35.0 Å². The molecular weight excluding hydrogens is 318 g/mol. The summed E-state index contributed by atoms with van der Waals surface area (Å²) < 4.78 is 5.42. The SMILES string of the molecule is O=C(Nc1ccccc1Sc1ccc(Cl)cc1)C1CCCO1. The van der Waals surface area contributed by atoms with Crippen LogP contribution in [0.25, 0.3) is 0 Å². The molecule has 1 aliphatic heterocycles. The van der Waals surface area contributed by atoms with Crippen LogP contribution in [0.5, 0.6) is 0 Å². The zero-order valence-corrected chi connectivity index (χ0v) is 13.5. The third kappa shape index (κ3) is 3.83. The fraction of sp³-hybridized carbons (Fsp3) is 0.235. The van der Waals surface area contributed by atoms with Gasteiger partial charge in [-0.25, -0.2) is 0 Å². The summed E-state index contributed by atoms with van der Waals surface area (Å²) >= 11 is 7.50. The molecule has 1 saturated heterocycles. The molecule has 0 aliphatic carbocycles. The van der Waals surface area contributed by atoms with E-state index in [1.165, 1.54) is 0 Å². The minimum atomic E-state index is -0.325. The Morgan fingerprint density at radius 1 is 1.18 bits per heavy atom.